The van der Waals surface area contributed by atoms with Crippen LogP contribution in [0.5, 0.6) is 5.75 Å². The van der Waals surface area contributed by atoms with E-state index in [0.717, 1.165) is 27.6 Å². The Balaban J connectivity index is 1.82. The number of carbonyl (C=O) groups excluding carboxylic acids is 2. The number of benzene rings is 2. The SMILES string of the molecule is COc1ccc(C(CC(=O)N2CCSc3ccc(Cl)cc32)NC(C)=O)cc1. The highest BCUT2D eigenvalue weighted by Gasteiger charge is 2.26. The smallest absolute Gasteiger partial charge is 0.229 e. The van der Waals surface area contributed by atoms with Crippen molar-refractivity contribution in [2.75, 3.05) is 24.3 Å². The normalized spacial score (nSPS) is 14.3. The zero-order valence-corrected chi connectivity index (χ0v) is 16.8. The van der Waals surface area contributed by atoms with Gasteiger partial charge in [-0.2, -0.15) is 0 Å². The summed E-state index contributed by atoms with van der Waals surface area (Å²) in [5.41, 5.74) is 1.69. The van der Waals surface area contributed by atoms with Crippen molar-refractivity contribution < 1.29 is 14.3 Å². The molecule has 3 rings (SSSR count). The second kappa shape index (κ2) is 8.67. The lowest BCUT2D eigenvalue weighted by Gasteiger charge is -2.30. The van der Waals surface area contributed by atoms with Gasteiger partial charge in [0, 0.05) is 29.1 Å². The molecule has 0 bridgehead atoms. The Morgan fingerprint density at radius 1 is 1.26 bits per heavy atom. The van der Waals surface area contributed by atoms with Crippen molar-refractivity contribution in [3.8, 4) is 5.75 Å². The average molecular weight is 405 g/mol. The maximum Gasteiger partial charge on any atom is 0.229 e. The van der Waals surface area contributed by atoms with Crippen molar-refractivity contribution in [2.45, 2.75) is 24.3 Å². The molecule has 142 valence electrons. The topological polar surface area (TPSA) is 58.6 Å². The molecule has 1 aliphatic rings. The van der Waals surface area contributed by atoms with Gasteiger partial charge >= 0.3 is 0 Å². The first-order valence-corrected chi connectivity index (χ1v) is 9.98. The Hall–Kier alpha value is -2.18. The fourth-order valence-corrected chi connectivity index (χ4v) is 4.21. The van der Waals surface area contributed by atoms with Crippen LogP contribution in [0.3, 0.4) is 0 Å². The van der Waals surface area contributed by atoms with E-state index in [1.54, 1.807) is 23.8 Å². The van der Waals surface area contributed by atoms with Gasteiger partial charge in [-0.25, -0.2) is 0 Å². The summed E-state index contributed by atoms with van der Waals surface area (Å²) in [5, 5.41) is 3.48. The highest BCUT2D eigenvalue weighted by molar-refractivity contribution is 7.99. The van der Waals surface area contributed by atoms with Crippen molar-refractivity contribution >= 4 is 40.9 Å². The van der Waals surface area contributed by atoms with Gasteiger partial charge in [0.25, 0.3) is 0 Å². The third-order valence-corrected chi connectivity index (χ3v) is 5.64. The van der Waals surface area contributed by atoms with Crippen LogP contribution in [0.25, 0.3) is 0 Å². The number of hydrogen-bond acceptors (Lipinski definition) is 4. The van der Waals surface area contributed by atoms with E-state index in [1.807, 2.05) is 42.5 Å². The number of halogens is 1. The van der Waals surface area contributed by atoms with E-state index in [0.29, 0.717) is 11.6 Å². The average Bonchev–Trinajstić information content (AvgIpc) is 2.66. The van der Waals surface area contributed by atoms with Gasteiger partial charge in [0.15, 0.2) is 0 Å². The molecule has 0 fully saturated rings. The molecule has 5 nitrogen and oxygen atoms in total. The van der Waals surface area contributed by atoms with Crippen LogP contribution in [0.2, 0.25) is 5.02 Å². The minimum absolute atomic E-state index is 0.0478. The van der Waals surface area contributed by atoms with Gasteiger partial charge in [0.05, 0.1) is 25.3 Å². The molecule has 0 saturated carbocycles. The predicted octanol–water partition coefficient (Wildman–Crippen LogP) is 4.05. The minimum atomic E-state index is -0.405. The molecule has 1 atom stereocenters. The van der Waals surface area contributed by atoms with Gasteiger partial charge in [0.1, 0.15) is 5.75 Å². The summed E-state index contributed by atoms with van der Waals surface area (Å²) in [5.74, 6) is 1.33. The largest absolute Gasteiger partial charge is 0.497 e. The Morgan fingerprint density at radius 2 is 2.00 bits per heavy atom. The molecule has 2 aromatic carbocycles. The van der Waals surface area contributed by atoms with Gasteiger partial charge in [-0.3, -0.25) is 9.59 Å². The van der Waals surface area contributed by atoms with Gasteiger partial charge in [-0.15, -0.1) is 11.8 Å². The van der Waals surface area contributed by atoms with Crippen molar-refractivity contribution in [1.29, 1.82) is 0 Å². The number of amides is 2. The third kappa shape index (κ3) is 4.76. The quantitative estimate of drug-likeness (QED) is 0.816. The summed E-state index contributed by atoms with van der Waals surface area (Å²) in [6, 6.07) is 12.6. The molecule has 0 saturated heterocycles. The number of nitrogens with one attached hydrogen (secondary N) is 1. The van der Waals surface area contributed by atoms with Crippen LogP contribution < -0.4 is 15.0 Å². The molecule has 1 heterocycles. The van der Waals surface area contributed by atoms with E-state index in [4.69, 9.17) is 16.3 Å². The lowest BCUT2D eigenvalue weighted by Crippen LogP contribution is -2.38. The molecule has 0 spiro atoms. The molecule has 1 unspecified atom stereocenters. The van der Waals surface area contributed by atoms with Gasteiger partial charge in [0.2, 0.25) is 11.8 Å². The van der Waals surface area contributed by atoms with E-state index < -0.39 is 6.04 Å². The van der Waals surface area contributed by atoms with Crippen LogP contribution in [0.15, 0.2) is 47.4 Å². The van der Waals surface area contributed by atoms with Crippen LogP contribution in [-0.2, 0) is 9.59 Å². The Morgan fingerprint density at radius 3 is 2.67 bits per heavy atom. The predicted molar refractivity (Wildman–Crippen MR) is 109 cm³/mol. The molecule has 0 aliphatic carbocycles. The second-order valence-corrected chi connectivity index (χ2v) is 7.81. The zero-order valence-electron chi connectivity index (χ0n) is 15.2. The number of fused-ring (bicyclic) bond motifs is 1. The molecular weight excluding hydrogens is 384 g/mol. The fourth-order valence-electron chi connectivity index (χ4n) is 3.07. The number of ether oxygens (including phenoxy) is 1. The standard InChI is InChI=1S/C20H21ClN2O3S/c1-13(24)22-17(14-3-6-16(26-2)7-4-14)12-20(25)23-9-10-27-19-8-5-15(21)11-18(19)23/h3-8,11,17H,9-10,12H2,1-2H3,(H,22,24). The van der Waals surface area contributed by atoms with Crippen LogP contribution in [0, 0.1) is 0 Å². The molecule has 0 radical (unpaired) electrons. The van der Waals surface area contributed by atoms with E-state index in [-0.39, 0.29) is 18.2 Å². The van der Waals surface area contributed by atoms with Crippen molar-refractivity contribution in [3.63, 3.8) is 0 Å². The molecular formula is C20H21ClN2O3S. The molecule has 1 aliphatic heterocycles. The minimum Gasteiger partial charge on any atom is -0.497 e. The number of hydrogen-bond donors (Lipinski definition) is 1. The maximum absolute atomic E-state index is 13.1. The molecule has 2 aromatic rings. The molecule has 2 amide bonds. The van der Waals surface area contributed by atoms with E-state index in [1.165, 1.54) is 6.92 Å². The van der Waals surface area contributed by atoms with Crippen LogP contribution >= 0.6 is 23.4 Å². The maximum atomic E-state index is 13.1. The highest BCUT2D eigenvalue weighted by Crippen LogP contribution is 2.37. The molecule has 7 heteroatoms. The number of carbonyl (C=O) groups is 2. The number of methoxy groups -OCH3 is 1. The summed E-state index contributed by atoms with van der Waals surface area (Å²) in [6.45, 7) is 2.07. The molecule has 1 N–H and O–H groups in total. The summed E-state index contributed by atoms with van der Waals surface area (Å²) in [4.78, 5) is 27.5. The Labute approximate surface area is 168 Å². The van der Waals surface area contributed by atoms with Crippen molar-refractivity contribution in [3.05, 3.63) is 53.1 Å². The summed E-state index contributed by atoms with van der Waals surface area (Å²) >= 11 is 7.84. The van der Waals surface area contributed by atoms with E-state index in [9.17, 15) is 9.59 Å². The Bertz CT molecular complexity index is 842. The first-order chi connectivity index (χ1) is 13.0. The van der Waals surface area contributed by atoms with Crippen LogP contribution in [-0.4, -0.2) is 31.2 Å². The third-order valence-electron chi connectivity index (χ3n) is 4.36. The number of rotatable bonds is 5. The van der Waals surface area contributed by atoms with Crippen molar-refractivity contribution in [1.82, 2.24) is 5.32 Å². The monoisotopic (exact) mass is 404 g/mol. The van der Waals surface area contributed by atoms with Gasteiger partial charge in [-0.1, -0.05) is 23.7 Å². The first-order valence-electron chi connectivity index (χ1n) is 8.61. The van der Waals surface area contributed by atoms with Crippen molar-refractivity contribution in [2.24, 2.45) is 0 Å². The van der Waals surface area contributed by atoms with Crippen LogP contribution in [0.4, 0.5) is 5.69 Å². The first kappa shape index (κ1) is 19.6. The number of nitrogens with zero attached hydrogens (tertiary/aromatic N) is 1. The highest BCUT2D eigenvalue weighted by atomic mass is 35.5. The van der Waals surface area contributed by atoms with Gasteiger partial charge in [-0.05, 0) is 35.9 Å². The number of thioether (sulfide) groups is 1. The van der Waals surface area contributed by atoms with Gasteiger partial charge < -0.3 is 15.0 Å². The summed E-state index contributed by atoms with van der Waals surface area (Å²) < 4.78 is 5.18. The fraction of sp³-hybridized carbons (Fsp3) is 0.300. The summed E-state index contributed by atoms with van der Waals surface area (Å²) in [6.07, 6.45) is 0.169. The second-order valence-electron chi connectivity index (χ2n) is 6.24. The number of anilines is 1. The Kier molecular flexibility index (Phi) is 6.29. The summed E-state index contributed by atoms with van der Waals surface area (Å²) in [7, 11) is 1.60. The molecule has 27 heavy (non-hydrogen) atoms. The van der Waals surface area contributed by atoms with Crippen LogP contribution in [0.1, 0.15) is 24.9 Å². The van der Waals surface area contributed by atoms with E-state index >= 15 is 0 Å². The lowest BCUT2D eigenvalue weighted by molar-refractivity contribution is -0.121. The lowest BCUT2D eigenvalue weighted by atomic mass is 10.0. The van der Waals surface area contributed by atoms with E-state index in [2.05, 4.69) is 5.32 Å². The molecule has 0 aromatic heterocycles. The zero-order chi connectivity index (χ0) is 19.4.